The average Bonchev–Trinajstić information content (AvgIpc) is 3.33. The fourth-order valence-electron chi connectivity index (χ4n) is 6.69. The molecule has 214 valence electrons. The lowest BCUT2D eigenvalue weighted by molar-refractivity contribution is -0.212. The molecule has 1 aromatic heterocycles. The summed E-state index contributed by atoms with van der Waals surface area (Å²) in [4.78, 5) is 30.9. The molecule has 2 saturated carbocycles. The second-order valence-electron chi connectivity index (χ2n) is 12.5. The lowest BCUT2D eigenvalue weighted by Gasteiger charge is -2.37. The Hall–Kier alpha value is -0.860. The third-order valence-electron chi connectivity index (χ3n) is 9.28. The molecular weight excluding hydrogens is 618 g/mol. The van der Waals surface area contributed by atoms with Gasteiger partial charge in [0.25, 0.3) is 0 Å². The van der Waals surface area contributed by atoms with E-state index in [1.54, 1.807) is 26.0 Å². The van der Waals surface area contributed by atoms with Crippen molar-refractivity contribution in [2.45, 2.75) is 76.7 Å². The Balaban J connectivity index is 1.58. The highest BCUT2D eigenvalue weighted by Crippen LogP contribution is 2.64. The van der Waals surface area contributed by atoms with E-state index in [1.165, 1.54) is 11.3 Å². The molecule has 9 nitrogen and oxygen atoms in total. The summed E-state index contributed by atoms with van der Waals surface area (Å²) < 4.78 is 58.1. The van der Waals surface area contributed by atoms with Crippen LogP contribution < -0.4 is 5.32 Å². The van der Waals surface area contributed by atoms with Gasteiger partial charge in [0.15, 0.2) is 9.84 Å². The Kier molecular flexibility index (Phi) is 7.84. The number of hydrogen-bond acceptors (Lipinski definition) is 10. The van der Waals surface area contributed by atoms with Gasteiger partial charge in [-0.2, -0.15) is 8.42 Å². The van der Waals surface area contributed by atoms with Gasteiger partial charge in [0.1, 0.15) is 10.5 Å². The maximum absolute atomic E-state index is 14.2. The maximum Gasteiger partial charge on any atom is 0.345 e. The number of sulfone groups is 1. The third-order valence-corrected chi connectivity index (χ3v) is 15.7. The van der Waals surface area contributed by atoms with Crippen LogP contribution in [0.2, 0.25) is 0 Å². The van der Waals surface area contributed by atoms with E-state index < -0.39 is 64.3 Å². The Morgan fingerprint density at radius 3 is 2.45 bits per heavy atom. The molecule has 1 aromatic rings. The average molecular weight is 655 g/mol. The minimum atomic E-state index is -4.36. The van der Waals surface area contributed by atoms with Gasteiger partial charge in [0.2, 0.25) is 0 Å². The van der Waals surface area contributed by atoms with E-state index in [4.69, 9.17) is 9.22 Å². The van der Waals surface area contributed by atoms with Crippen LogP contribution in [-0.2, 0) is 43.5 Å². The van der Waals surface area contributed by atoms with Crippen molar-refractivity contribution in [1.29, 1.82) is 0 Å². The Morgan fingerprint density at radius 1 is 1.24 bits per heavy atom. The Bertz CT molecular complexity index is 1330. The molecule has 38 heavy (non-hydrogen) atoms. The molecule has 1 saturated heterocycles. The first kappa shape index (κ1) is 30.1. The molecule has 13 heteroatoms. The van der Waals surface area contributed by atoms with Gasteiger partial charge in [-0.15, -0.1) is 11.3 Å². The molecule has 0 radical (unpaired) electrons. The van der Waals surface area contributed by atoms with Crippen molar-refractivity contribution >= 4 is 59.0 Å². The van der Waals surface area contributed by atoms with Gasteiger partial charge in [0, 0.05) is 23.3 Å². The summed E-state index contributed by atoms with van der Waals surface area (Å²) in [6, 6.07) is 3.41. The van der Waals surface area contributed by atoms with E-state index in [9.17, 15) is 26.4 Å². The first-order chi connectivity index (χ1) is 17.4. The third kappa shape index (κ3) is 4.93. The van der Waals surface area contributed by atoms with Crippen LogP contribution >= 0.6 is 27.3 Å². The first-order valence-electron chi connectivity index (χ1n) is 12.7. The van der Waals surface area contributed by atoms with Crippen LogP contribution in [0.3, 0.4) is 0 Å². The highest BCUT2D eigenvalue weighted by molar-refractivity contribution is 9.11. The first-order valence-corrected chi connectivity index (χ1v) is 17.5. The number of thiophene rings is 1. The molecular formula is C25H36BrNO8S3. The summed E-state index contributed by atoms with van der Waals surface area (Å²) in [5.41, 5.74) is -2.21. The van der Waals surface area contributed by atoms with Gasteiger partial charge in [-0.3, -0.25) is 9.68 Å². The Morgan fingerprint density at radius 2 is 1.92 bits per heavy atom. The lowest BCUT2D eigenvalue weighted by atomic mass is 9.70. The number of carbonyl (C=O) groups is 2. The van der Waals surface area contributed by atoms with Crippen LogP contribution in [0, 0.1) is 22.2 Å². The summed E-state index contributed by atoms with van der Waals surface area (Å²) in [6.07, 6.45) is 1.22. The van der Waals surface area contributed by atoms with Crippen LogP contribution in [0.15, 0.2) is 15.9 Å². The van der Waals surface area contributed by atoms with E-state index in [1.807, 2.05) is 20.8 Å². The zero-order valence-electron chi connectivity index (χ0n) is 22.3. The molecule has 1 aliphatic heterocycles. The monoisotopic (exact) mass is 653 g/mol. The zero-order valence-corrected chi connectivity index (χ0v) is 26.4. The number of hydrogen-bond donors (Lipinski definition) is 1. The maximum atomic E-state index is 14.2. The highest BCUT2D eigenvalue weighted by atomic mass is 79.9. The van der Waals surface area contributed by atoms with Crippen molar-refractivity contribution in [3.05, 3.63) is 20.8 Å². The molecule has 0 unspecified atom stereocenters. The summed E-state index contributed by atoms with van der Waals surface area (Å²) in [7, 11) is -8.33. The number of fused-ring (bicyclic) bond motifs is 2. The van der Waals surface area contributed by atoms with Crippen molar-refractivity contribution in [3.8, 4) is 0 Å². The molecule has 2 aliphatic carbocycles. The minimum Gasteiger partial charge on any atom is -0.315 e. The van der Waals surface area contributed by atoms with Crippen molar-refractivity contribution in [2.75, 3.05) is 18.8 Å². The second kappa shape index (κ2) is 9.90. The molecule has 0 aromatic carbocycles. The fourth-order valence-corrected chi connectivity index (χ4v) is 13.0. The number of rotatable bonds is 7. The molecule has 5 atom stereocenters. The minimum absolute atomic E-state index is 0.0491. The number of halogens is 1. The zero-order chi connectivity index (χ0) is 28.4. The quantitative estimate of drug-likeness (QED) is 0.341. The molecule has 3 aliphatic rings. The van der Waals surface area contributed by atoms with Crippen molar-refractivity contribution in [2.24, 2.45) is 22.2 Å². The smallest absolute Gasteiger partial charge is 0.315 e. The molecule has 1 N–H and O–H groups in total. The topological polar surface area (TPSA) is 133 Å². The van der Waals surface area contributed by atoms with E-state index >= 15 is 0 Å². The van der Waals surface area contributed by atoms with E-state index in [2.05, 4.69) is 21.2 Å². The highest BCUT2D eigenvalue weighted by Gasteiger charge is 2.65. The van der Waals surface area contributed by atoms with Crippen LogP contribution in [0.1, 0.15) is 71.6 Å². The largest absolute Gasteiger partial charge is 0.345 e. The molecule has 3 fully saturated rings. The summed E-state index contributed by atoms with van der Waals surface area (Å²) in [6.45, 7) is 9.67. The van der Waals surface area contributed by atoms with Crippen LogP contribution in [0.4, 0.5) is 0 Å². The number of Topliss-reactive ketones (excluding diaryl/α,β-unsaturated/α-hetero) is 1. The number of carbonyl (C=O) groups excluding carboxylic acids is 2. The molecule has 2 bridgehead atoms. The van der Waals surface area contributed by atoms with Crippen LogP contribution in [0.25, 0.3) is 0 Å². The van der Waals surface area contributed by atoms with Gasteiger partial charge >= 0.3 is 16.1 Å². The van der Waals surface area contributed by atoms with Gasteiger partial charge in [-0.1, -0.05) is 39.0 Å². The van der Waals surface area contributed by atoms with Gasteiger partial charge < -0.3 is 5.32 Å². The number of ketones is 1. The van der Waals surface area contributed by atoms with Crippen LogP contribution in [0.5, 0.6) is 0 Å². The second-order valence-corrected chi connectivity index (χ2v) is 18.9. The summed E-state index contributed by atoms with van der Waals surface area (Å²) >= 11 is 4.61. The summed E-state index contributed by atoms with van der Waals surface area (Å²) in [5.74, 6) is -1.57. The molecule has 2 heterocycles. The predicted octanol–water partition coefficient (Wildman–Crippen LogP) is 4.12. The van der Waals surface area contributed by atoms with E-state index in [0.29, 0.717) is 28.0 Å². The summed E-state index contributed by atoms with van der Waals surface area (Å²) in [5, 5.41) is 2.39. The molecule has 0 amide bonds. The van der Waals surface area contributed by atoms with E-state index in [-0.39, 0.29) is 24.7 Å². The van der Waals surface area contributed by atoms with Gasteiger partial charge in [-0.25, -0.2) is 13.2 Å². The van der Waals surface area contributed by atoms with Crippen LogP contribution in [-0.4, -0.2) is 52.7 Å². The Labute approximate surface area is 237 Å². The standard InChI is InChI=1S/C25H36BrNO8S3/c1-22(2,3)19-14-27-11-10-25(38(19,32)33,18-6-7-20(26)36-18)13-21(29)34-35-37(30,31)15-24(5)16-8-9-23(24,4)17(28)12-16/h6-7,16,19,27H,8-15H2,1-5H3/t16-,19+,23+,24-,25+/m1/s1. The van der Waals surface area contributed by atoms with Crippen molar-refractivity contribution in [1.82, 2.24) is 5.32 Å². The van der Waals surface area contributed by atoms with Crippen molar-refractivity contribution < 1.29 is 35.6 Å². The molecule has 4 rings (SSSR count). The van der Waals surface area contributed by atoms with Crippen molar-refractivity contribution in [3.63, 3.8) is 0 Å². The van der Waals surface area contributed by atoms with Gasteiger partial charge in [0.05, 0.1) is 21.2 Å². The normalized spacial score (nSPS) is 35.3. The SMILES string of the molecule is CC(C)(C)[C@@H]1CNCC[C@](CC(=O)OOS(=O)(=O)C[C@]2(C)[C@@H]3CC[C@@]2(C)C(=O)C3)(c2ccc(Br)s2)S1(=O)=O. The number of nitrogens with one attached hydrogen (secondary N) is 1. The fraction of sp³-hybridized carbons (Fsp3) is 0.760. The van der Waals surface area contributed by atoms with E-state index in [0.717, 1.165) is 6.42 Å². The molecule has 0 spiro atoms. The predicted molar refractivity (Wildman–Crippen MR) is 147 cm³/mol. The lowest BCUT2D eigenvalue weighted by Crippen LogP contribution is -2.49. The van der Waals surface area contributed by atoms with Gasteiger partial charge in [-0.05, 0) is 70.6 Å².